The molecule has 0 amide bonds. The largest absolute Gasteiger partial charge is 0.465 e. The third-order valence-corrected chi connectivity index (χ3v) is 2.17. The summed E-state index contributed by atoms with van der Waals surface area (Å²) < 4.78 is 4.65. The molecule has 1 aromatic rings. The number of hydrogen-bond acceptors (Lipinski definition) is 3. The van der Waals surface area contributed by atoms with Crippen molar-refractivity contribution in [2.75, 3.05) is 12.4 Å². The molecule has 1 aromatic carbocycles. The van der Waals surface area contributed by atoms with E-state index in [0.29, 0.717) is 5.56 Å². The Balaban J connectivity index is 3.09. The van der Waals surface area contributed by atoms with E-state index in [0.717, 1.165) is 17.7 Å². The van der Waals surface area contributed by atoms with Crippen molar-refractivity contribution in [2.45, 2.75) is 13.3 Å². The molecule has 3 heteroatoms. The van der Waals surface area contributed by atoms with Gasteiger partial charge in [0.25, 0.3) is 0 Å². The topological polar surface area (TPSA) is 38.3 Å². The molecule has 3 nitrogen and oxygen atoms in total. The molecule has 0 spiro atoms. The highest BCUT2D eigenvalue weighted by atomic mass is 16.5. The van der Waals surface area contributed by atoms with E-state index in [-0.39, 0.29) is 5.97 Å². The van der Waals surface area contributed by atoms with Crippen LogP contribution in [0.3, 0.4) is 0 Å². The van der Waals surface area contributed by atoms with Crippen LogP contribution in [-0.4, -0.2) is 13.1 Å². The van der Waals surface area contributed by atoms with Crippen molar-refractivity contribution in [3.63, 3.8) is 0 Å². The summed E-state index contributed by atoms with van der Waals surface area (Å²) in [5, 5.41) is 3.00. The molecule has 0 bridgehead atoms. The van der Waals surface area contributed by atoms with Gasteiger partial charge in [-0.2, -0.15) is 0 Å². The average molecular weight is 205 g/mol. The molecule has 0 atom stereocenters. The van der Waals surface area contributed by atoms with E-state index in [4.69, 9.17) is 0 Å². The van der Waals surface area contributed by atoms with E-state index in [1.807, 2.05) is 6.07 Å². The maximum absolute atomic E-state index is 11.3. The third-order valence-electron chi connectivity index (χ3n) is 2.17. The van der Waals surface area contributed by atoms with Crippen LogP contribution in [0.2, 0.25) is 0 Å². The molecule has 0 radical (unpaired) electrons. The standard InChI is InChI=1S/C12H15NO2/c1-4-9-6-7-10(12(14)15-3)8-11(9)13-5-2/h5-8,13H,2,4H2,1,3H3. The van der Waals surface area contributed by atoms with Gasteiger partial charge >= 0.3 is 5.97 Å². The number of benzene rings is 1. The van der Waals surface area contributed by atoms with Gasteiger partial charge in [-0.05, 0) is 30.3 Å². The highest BCUT2D eigenvalue weighted by Crippen LogP contribution is 2.19. The normalized spacial score (nSPS) is 9.47. The van der Waals surface area contributed by atoms with Crippen LogP contribution in [0.1, 0.15) is 22.8 Å². The van der Waals surface area contributed by atoms with E-state index in [9.17, 15) is 4.79 Å². The Labute approximate surface area is 89.8 Å². The van der Waals surface area contributed by atoms with Crippen LogP contribution in [-0.2, 0) is 11.2 Å². The second-order valence-electron chi connectivity index (χ2n) is 3.07. The van der Waals surface area contributed by atoms with Crippen LogP contribution >= 0.6 is 0 Å². The molecular formula is C12H15NO2. The lowest BCUT2D eigenvalue weighted by Gasteiger charge is -2.09. The maximum Gasteiger partial charge on any atom is 0.337 e. The summed E-state index contributed by atoms with van der Waals surface area (Å²) in [4.78, 5) is 11.3. The van der Waals surface area contributed by atoms with Crippen molar-refractivity contribution in [3.05, 3.63) is 42.1 Å². The average Bonchev–Trinajstić information content (AvgIpc) is 2.28. The van der Waals surface area contributed by atoms with E-state index in [1.165, 1.54) is 7.11 Å². The van der Waals surface area contributed by atoms with E-state index >= 15 is 0 Å². The lowest BCUT2D eigenvalue weighted by molar-refractivity contribution is 0.0601. The molecule has 0 saturated carbocycles. The van der Waals surface area contributed by atoms with Gasteiger partial charge in [-0.3, -0.25) is 0 Å². The first kappa shape index (κ1) is 11.3. The Bertz CT molecular complexity index is 372. The molecule has 0 aliphatic rings. The van der Waals surface area contributed by atoms with Crippen LogP contribution in [0.4, 0.5) is 5.69 Å². The molecule has 0 saturated heterocycles. The van der Waals surface area contributed by atoms with Crippen LogP contribution in [0, 0.1) is 0 Å². The number of aryl methyl sites for hydroxylation is 1. The number of carbonyl (C=O) groups excluding carboxylic acids is 1. The second kappa shape index (κ2) is 5.20. The van der Waals surface area contributed by atoms with Gasteiger partial charge in [0.2, 0.25) is 0 Å². The van der Waals surface area contributed by atoms with Gasteiger partial charge < -0.3 is 10.1 Å². The van der Waals surface area contributed by atoms with Crippen LogP contribution < -0.4 is 5.32 Å². The van der Waals surface area contributed by atoms with Gasteiger partial charge in [0.15, 0.2) is 0 Å². The Morgan fingerprint density at radius 3 is 2.87 bits per heavy atom. The van der Waals surface area contributed by atoms with Gasteiger partial charge in [-0.25, -0.2) is 4.79 Å². The fourth-order valence-corrected chi connectivity index (χ4v) is 1.37. The number of hydrogen-bond donors (Lipinski definition) is 1. The van der Waals surface area contributed by atoms with E-state index in [1.54, 1.807) is 18.3 Å². The minimum absolute atomic E-state index is 0.329. The summed E-state index contributed by atoms with van der Waals surface area (Å²) in [6.07, 6.45) is 2.49. The molecule has 0 fully saturated rings. The zero-order chi connectivity index (χ0) is 11.3. The second-order valence-corrected chi connectivity index (χ2v) is 3.07. The summed E-state index contributed by atoms with van der Waals surface area (Å²) in [6, 6.07) is 5.45. The first-order valence-corrected chi connectivity index (χ1v) is 4.81. The summed E-state index contributed by atoms with van der Waals surface area (Å²) >= 11 is 0. The molecule has 0 aliphatic carbocycles. The van der Waals surface area contributed by atoms with Gasteiger partial charge in [0.1, 0.15) is 0 Å². The highest BCUT2D eigenvalue weighted by molar-refractivity contribution is 5.90. The molecule has 0 unspecified atom stereocenters. The highest BCUT2D eigenvalue weighted by Gasteiger charge is 2.07. The molecule has 15 heavy (non-hydrogen) atoms. The van der Waals surface area contributed by atoms with Crippen molar-refractivity contribution in [1.29, 1.82) is 0 Å². The first-order chi connectivity index (χ1) is 7.22. The lowest BCUT2D eigenvalue weighted by Crippen LogP contribution is -2.03. The van der Waals surface area contributed by atoms with Crippen molar-refractivity contribution in [3.8, 4) is 0 Å². The fourth-order valence-electron chi connectivity index (χ4n) is 1.37. The molecule has 0 aliphatic heterocycles. The summed E-state index contributed by atoms with van der Waals surface area (Å²) in [7, 11) is 1.37. The van der Waals surface area contributed by atoms with Gasteiger partial charge in [0.05, 0.1) is 12.7 Å². The quantitative estimate of drug-likeness (QED) is 0.768. The zero-order valence-electron chi connectivity index (χ0n) is 9.04. The number of methoxy groups -OCH3 is 1. The summed E-state index contributed by atoms with van der Waals surface area (Å²) in [5.74, 6) is -0.329. The number of nitrogens with one attached hydrogen (secondary N) is 1. The first-order valence-electron chi connectivity index (χ1n) is 4.81. The monoisotopic (exact) mass is 205 g/mol. The Kier molecular flexibility index (Phi) is 3.92. The van der Waals surface area contributed by atoms with E-state index < -0.39 is 0 Å². The number of anilines is 1. The summed E-state index contributed by atoms with van der Waals surface area (Å²) in [5.41, 5.74) is 2.58. The molecule has 0 aromatic heterocycles. The fraction of sp³-hybridized carbons (Fsp3) is 0.250. The van der Waals surface area contributed by atoms with Crippen molar-refractivity contribution >= 4 is 11.7 Å². The minimum atomic E-state index is -0.329. The Hall–Kier alpha value is -1.77. The van der Waals surface area contributed by atoms with Crippen molar-refractivity contribution < 1.29 is 9.53 Å². The molecular weight excluding hydrogens is 190 g/mol. The predicted molar refractivity (Wildman–Crippen MR) is 61.0 cm³/mol. The SMILES string of the molecule is C=CNc1cc(C(=O)OC)ccc1CC. The molecule has 0 heterocycles. The van der Waals surface area contributed by atoms with Gasteiger partial charge in [-0.1, -0.05) is 19.6 Å². The van der Waals surface area contributed by atoms with Gasteiger partial charge in [0, 0.05) is 5.69 Å². The van der Waals surface area contributed by atoms with Crippen LogP contribution in [0.25, 0.3) is 0 Å². The number of esters is 1. The van der Waals surface area contributed by atoms with Crippen LogP contribution in [0.5, 0.6) is 0 Å². The number of carbonyl (C=O) groups is 1. The van der Waals surface area contributed by atoms with Crippen LogP contribution in [0.15, 0.2) is 31.0 Å². The molecule has 80 valence electrons. The lowest BCUT2D eigenvalue weighted by atomic mass is 10.1. The van der Waals surface area contributed by atoms with Crippen molar-refractivity contribution in [2.24, 2.45) is 0 Å². The Morgan fingerprint density at radius 1 is 1.60 bits per heavy atom. The van der Waals surface area contributed by atoms with E-state index in [2.05, 4.69) is 23.6 Å². The zero-order valence-corrected chi connectivity index (χ0v) is 9.04. The van der Waals surface area contributed by atoms with Crippen molar-refractivity contribution in [1.82, 2.24) is 0 Å². The molecule has 1 rings (SSSR count). The molecule has 1 N–H and O–H groups in total. The maximum atomic E-state index is 11.3. The predicted octanol–water partition coefficient (Wildman–Crippen LogP) is 2.59. The Morgan fingerprint density at radius 2 is 2.33 bits per heavy atom. The van der Waals surface area contributed by atoms with Gasteiger partial charge in [-0.15, -0.1) is 0 Å². The number of ether oxygens (including phenoxy) is 1. The smallest absolute Gasteiger partial charge is 0.337 e. The number of rotatable bonds is 4. The third kappa shape index (κ3) is 2.59. The minimum Gasteiger partial charge on any atom is -0.465 e. The summed E-state index contributed by atoms with van der Waals surface area (Å²) in [6.45, 7) is 5.66.